The number of nitrogens with zero attached hydrogens (tertiary/aromatic N) is 1. The predicted octanol–water partition coefficient (Wildman–Crippen LogP) is -0.0456. The fraction of sp³-hybridized carbons (Fsp3) is 0.167. The van der Waals surface area contributed by atoms with Crippen molar-refractivity contribution in [3.8, 4) is 5.75 Å². The van der Waals surface area contributed by atoms with Crippen LogP contribution >= 0.6 is 0 Å². The van der Waals surface area contributed by atoms with Gasteiger partial charge < -0.3 is 10.8 Å². The lowest BCUT2D eigenvalue weighted by molar-refractivity contribution is 0.143. The first-order chi connectivity index (χ1) is 6.75. The van der Waals surface area contributed by atoms with Crippen LogP contribution in [0, 0.1) is 0 Å². The number of nitrogens with two attached hydrogens (primary N) is 2. The minimum atomic E-state index is -4.46. The van der Waals surface area contributed by atoms with Crippen LogP contribution in [0.3, 0.4) is 0 Å². The molecular formula is C6H7F2N3O3S. The lowest BCUT2D eigenvalue weighted by Gasteiger charge is -2.10. The van der Waals surface area contributed by atoms with Crippen molar-refractivity contribution in [2.75, 3.05) is 5.73 Å². The zero-order valence-corrected chi connectivity index (χ0v) is 8.00. The summed E-state index contributed by atoms with van der Waals surface area (Å²) in [5, 5.41) is 13.7. The van der Waals surface area contributed by atoms with Crippen LogP contribution in [0.1, 0.15) is 12.0 Å². The number of alkyl halides is 2. The van der Waals surface area contributed by atoms with E-state index in [-0.39, 0.29) is 0 Å². The third-order valence-electron chi connectivity index (χ3n) is 1.58. The Kier molecular flexibility index (Phi) is 2.77. The Bertz CT molecular complexity index is 489. The minimum absolute atomic E-state index is 0.630. The molecule has 0 amide bonds. The molecule has 84 valence electrons. The molecule has 0 bridgehead atoms. The molecule has 0 aliphatic rings. The van der Waals surface area contributed by atoms with Crippen LogP contribution in [0.5, 0.6) is 5.75 Å². The first-order valence-electron chi connectivity index (χ1n) is 3.53. The van der Waals surface area contributed by atoms with Crippen molar-refractivity contribution in [3.05, 3.63) is 11.8 Å². The van der Waals surface area contributed by atoms with E-state index >= 15 is 0 Å². The molecule has 1 aromatic rings. The van der Waals surface area contributed by atoms with Crippen LogP contribution in [0.15, 0.2) is 11.1 Å². The summed E-state index contributed by atoms with van der Waals surface area (Å²) >= 11 is 0. The second kappa shape index (κ2) is 3.59. The molecule has 0 aliphatic heterocycles. The third kappa shape index (κ3) is 2.13. The predicted molar refractivity (Wildman–Crippen MR) is 46.6 cm³/mol. The second-order valence-electron chi connectivity index (χ2n) is 2.62. The maximum absolute atomic E-state index is 12.4. The number of rotatable bonds is 2. The van der Waals surface area contributed by atoms with Crippen LogP contribution in [-0.2, 0) is 10.0 Å². The fourth-order valence-electron chi connectivity index (χ4n) is 1.02. The van der Waals surface area contributed by atoms with Gasteiger partial charge in [-0.05, 0) is 0 Å². The molecule has 0 saturated carbocycles. The molecule has 0 aromatic carbocycles. The summed E-state index contributed by atoms with van der Waals surface area (Å²) in [6.45, 7) is 0. The van der Waals surface area contributed by atoms with Crippen molar-refractivity contribution < 1.29 is 22.3 Å². The summed E-state index contributed by atoms with van der Waals surface area (Å²) in [5.41, 5.74) is 3.97. The number of aromatic nitrogens is 1. The second-order valence-corrected chi connectivity index (χ2v) is 4.12. The minimum Gasteiger partial charge on any atom is -0.506 e. The van der Waals surface area contributed by atoms with E-state index in [1.54, 1.807) is 0 Å². The number of halogens is 2. The van der Waals surface area contributed by atoms with Crippen molar-refractivity contribution >= 4 is 15.8 Å². The van der Waals surface area contributed by atoms with E-state index in [2.05, 4.69) is 10.1 Å². The van der Waals surface area contributed by atoms with Crippen molar-refractivity contribution in [3.63, 3.8) is 0 Å². The summed E-state index contributed by atoms with van der Waals surface area (Å²) in [7, 11) is -4.46. The average Bonchev–Trinajstić information content (AvgIpc) is 2.05. The quantitative estimate of drug-likeness (QED) is 0.668. The van der Waals surface area contributed by atoms with Gasteiger partial charge in [0.05, 0.1) is 11.8 Å². The molecule has 0 radical (unpaired) electrons. The first-order valence-corrected chi connectivity index (χ1v) is 5.08. The van der Waals surface area contributed by atoms with Gasteiger partial charge in [-0.15, -0.1) is 0 Å². The number of aromatic hydroxyl groups is 1. The molecule has 0 saturated heterocycles. The van der Waals surface area contributed by atoms with Crippen LogP contribution < -0.4 is 10.9 Å². The molecule has 6 nitrogen and oxygen atoms in total. The zero-order chi connectivity index (χ0) is 11.8. The Hall–Kier alpha value is -1.48. The standard InChI is InChI=1S/C6H7F2N3O3S/c7-5(8)3-2(12)1-11-6(9)4(3)15(10,13)14/h1,5,12H,(H2,9,11)(H2,10,13,14). The zero-order valence-electron chi connectivity index (χ0n) is 7.18. The van der Waals surface area contributed by atoms with Crippen molar-refractivity contribution in [2.45, 2.75) is 11.3 Å². The third-order valence-corrected chi connectivity index (χ3v) is 2.58. The van der Waals surface area contributed by atoms with Gasteiger partial charge in [0.1, 0.15) is 16.5 Å². The molecule has 1 aromatic heterocycles. The van der Waals surface area contributed by atoms with Gasteiger partial charge in [0, 0.05) is 0 Å². The highest BCUT2D eigenvalue weighted by atomic mass is 32.2. The normalized spacial score (nSPS) is 12.0. The topological polar surface area (TPSA) is 119 Å². The Morgan fingerprint density at radius 1 is 1.47 bits per heavy atom. The SMILES string of the molecule is Nc1ncc(O)c(C(F)F)c1S(N)(=O)=O. The number of hydrogen-bond donors (Lipinski definition) is 3. The van der Waals surface area contributed by atoms with Gasteiger partial charge in [-0.3, -0.25) is 0 Å². The lowest BCUT2D eigenvalue weighted by atomic mass is 10.2. The van der Waals surface area contributed by atoms with Gasteiger partial charge in [0.25, 0.3) is 6.43 Å². The molecule has 0 spiro atoms. The van der Waals surface area contributed by atoms with Crippen LogP contribution in [-0.4, -0.2) is 18.5 Å². The Morgan fingerprint density at radius 2 is 2.00 bits per heavy atom. The summed E-state index contributed by atoms with van der Waals surface area (Å²) < 4.78 is 46.8. The van der Waals surface area contributed by atoms with Gasteiger partial charge in [-0.2, -0.15) is 0 Å². The maximum atomic E-state index is 12.4. The summed E-state index contributed by atoms with van der Waals surface area (Å²) in [4.78, 5) is 2.18. The van der Waals surface area contributed by atoms with Crippen molar-refractivity contribution in [1.82, 2.24) is 4.98 Å². The van der Waals surface area contributed by atoms with Crippen LogP contribution in [0.4, 0.5) is 14.6 Å². The maximum Gasteiger partial charge on any atom is 0.268 e. The number of primary sulfonamides is 1. The molecule has 0 unspecified atom stereocenters. The highest BCUT2D eigenvalue weighted by Crippen LogP contribution is 2.35. The first kappa shape index (κ1) is 11.6. The van der Waals surface area contributed by atoms with E-state index in [4.69, 9.17) is 10.8 Å². The van der Waals surface area contributed by atoms with E-state index in [1.165, 1.54) is 0 Å². The monoisotopic (exact) mass is 239 g/mol. The average molecular weight is 239 g/mol. The smallest absolute Gasteiger partial charge is 0.268 e. The molecule has 0 fully saturated rings. The molecule has 15 heavy (non-hydrogen) atoms. The molecule has 5 N–H and O–H groups in total. The van der Waals surface area contributed by atoms with E-state index in [9.17, 15) is 17.2 Å². The highest BCUT2D eigenvalue weighted by molar-refractivity contribution is 7.89. The number of pyridine rings is 1. The van der Waals surface area contributed by atoms with Crippen LogP contribution in [0.25, 0.3) is 0 Å². The molecule has 0 aliphatic carbocycles. The van der Waals surface area contributed by atoms with E-state index in [0.29, 0.717) is 6.20 Å². The van der Waals surface area contributed by atoms with Gasteiger partial charge in [-0.25, -0.2) is 27.3 Å². The Labute approximate surface area is 83.6 Å². The highest BCUT2D eigenvalue weighted by Gasteiger charge is 2.27. The van der Waals surface area contributed by atoms with Crippen LogP contribution in [0.2, 0.25) is 0 Å². The van der Waals surface area contributed by atoms with E-state index in [0.717, 1.165) is 0 Å². The van der Waals surface area contributed by atoms with Gasteiger partial charge in [0.2, 0.25) is 10.0 Å². The number of hydrogen-bond acceptors (Lipinski definition) is 5. The van der Waals surface area contributed by atoms with E-state index < -0.39 is 38.5 Å². The number of nitrogen functional groups attached to an aromatic ring is 1. The molecule has 0 atom stereocenters. The Balaban J connectivity index is 3.68. The largest absolute Gasteiger partial charge is 0.506 e. The summed E-state index contributed by atoms with van der Waals surface area (Å²) in [6, 6.07) is 0. The van der Waals surface area contributed by atoms with Gasteiger partial charge in [-0.1, -0.05) is 0 Å². The molecule has 1 rings (SSSR count). The summed E-state index contributed by atoms with van der Waals surface area (Å²) in [6.07, 6.45) is -2.59. The van der Waals surface area contributed by atoms with Gasteiger partial charge in [0.15, 0.2) is 0 Å². The van der Waals surface area contributed by atoms with Crippen molar-refractivity contribution in [1.29, 1.82) is 0 Å². The van der Waals surface area contributed by atoms with Crippen molar-refractivity contribution in [2.24, 2.45) is 5.14 Å². The Morgan fingerprint density at radius 3 is 2.33 bits per heavy atom. The molecule has 1 heterocycles. The number of anilines is 1. The van der Waals surface area contributed by atoms with Gasteiger partial charge >= 0.3 is 0 Å². The molecule has 9 heteroatoms. The summed E-state index contributed by atoms with van der Waals surface area (Å²) in [5.74, 6) is -1.64. The number of sulfonamides is 1. The van der Waals surface area contributed by atoms with E-state index in [1.807, 2.05) is 0 Å². The molecular weight excluding hydrogens is 232 g/mol. The lowest BCUT2D eigenvalue weighted by Crippen LogP contribution is -2.18. The fourth-order valence-corrected chi connectivity index (χ4v) is 1.87.